The molecule has 1 rings (SSSR count). The third-order valence-electron chi connectivity index (χ3n) is 2.09. The number of nitrogens with zero attached hydrogens (tertiary/aromatic N) is 1. The van der Waals surface area contributed by atoms with E-state index in [-0.39, 0.29) is 6.04 Å². The highest BCUT2D eigenvalue weighted by Crippen LogP contribution is 2.18. The van der Waals surface area contributed by atoms with Crippen molar-refractivity contribution < 1.29 is 4.39 Å². The van der Waals surface area contributed by atoms with Gasteiger partial charge in [-0.3, -0.25) is 0 Å². The first-order chi connectivity index (χ1) is 6.15. The van der Waals surface area contributed by atoms with Gasteiger partial charge in [0.15, 0.2) is 0 Å². The van der Waals surface area contributed by atoms with E-state index in [4.69, 9.17) is 5.73 Å². The number of nitrogens with two attached hydrogens (primary N) is 1. The molecule has 3 heteroatoms. The fraction of sp³-hybridized carbons (Fsp3) is 0.500. The number of halogens is 1. The maximum atomic E-state index is 12.6. The van der Waals surface area contributed by atoms with E-state index in [1.807, 2.05) is 0 Å². The Bertz CT molecular complexity index is 286. The zero-order valence-electron chi connectivity index (χ0n) is 8.05. The first kappa shape index (κ1) is 10.1. The monoisotopic (exact) mass is 182 g/mol. The zero-order chi connectivity index (χ0) is 9.84. The van der Waals surface area contributed by atoms with Crippen molar-refractivity contribution in [1.29, 1.82) is 0 Å². The molecule has 0 unspecified atom stereocenters. The van der Waals surface area contributed by atoms with E-state index in [9.17, 15) is 4.39 Å². The number of aromatic nitrogens is 1. The lowest BCUT2D eigenvalue weighted by Crippen LogP contribution is -2.12. The normalized spacial score (nSPS) is 12.9. The van der Waals surface area contributed by atoms with Gasteiger partial charge in [0.25, 0.3) is 0 Å². The SMILES string of the molecule is CCC[C@H](N)c1ccc(F)nc1C. The summed E-state index contributed by atoms with van der Waals surface area (Å²) in [7, 11) is 0. The van der Waals surface area contributed by atoms with Crippen molar-refractivity contribution in [3.8, 4) is 0 Å². The van der Waals surface area contributed by atoms with Crippen LogP contribution in [0.1, 0.15) is 37.1 Å². The third-order valence-corrected chi connectivity index (χ3v) is 2.09. The summed E-state index contributed by atoms with van der Waals surface area (Å²) in [5.41, 5.74) is 7.54. The first-order valence-electron chi connectivity index (χ1n) is 4.53. The van der Waals surface area contributed by atoms with E-state index in [2.05, 4.69) is 11.9 Å². The number of rotatable bonds is 3. The number of hydrogen-bond donors (Lipinski definition) is 1. The maximum Gasteiger partial charge on any atom is 0.213 e. The molecule has 0 aliphatic heterocycles. The van der Waals surface area contributed by atoms with Crippen molar-refractivity contribution in [1.82, 2.24) is 4.98 Å². The Labute approximate surface area is 78.0 Å². The molecule has 0 fully saturated rings. The van der Waals surface area contributed by atoms with E-state index < -0.39 is 5.95 Å². The summed E-state index contributed by atoms with van der Waals surface area (Å²) in [4.78, 5) is 3.73. The van der Waals surface area contributed by atoms with Gasteiger partial charge < -0.3 is 5.73 Å². The summed E-state index contributed by atoms with van der Waals surface area (Å²) in [6.07, 6.45) is 1.94. The largest absolute Gasteiger partial charge is 0.324 e. The van der Waals surface area contributed by atoms with Crippen LogP contribution in [0.15, 0.2) is 12.1 Å². The molecule has 1 atom stereocenters. The van der Waals surface area contributed by atoms with Crippen molar-refractivity contribution >= 4 is 0 Å². The number of pyridine rings is 1. The molecular weight excluding hydrogens is 167 g/mol. The Morgan fingerprint density at radius 1 is 1.54 bits per heavy atom. The van der Waals surface area contributed by atoms with Gasteiger partial charge in [0, 0.05) is 11.7 Å². The minimum Gasteiger partial charge on any atom is -0.324 e. The summed E-state index contributed by atoms with van der Waals surface area (Å²) in [5, 5.41) is 0. The molecule has 0 aliphatic carbocycles. The second-order valence-electron chi connectivity index (χ2n) is 3.20. The van der Waals surface area contributed by atoms with Crippen LogP contribution >= 0.6 is 0 Å². The quantitative estimate of drug-likeness (QED) is 0.728. The van der Waals surface area contributed by atoms with Crippen molar-refractivity contribution in [2.75, 3.05) is 0 Å². The Morgan fingerprint density at radius 2 is 2.23 bits per heavy atom. The molecule has 72 valence electrons. The average molecular weight is 182 g/mol. The van der Waals surface area contributed by atoms with Gasteiger partial charge in [0.1, 0.15) is 0 Å². The van der Waals surface area contributed by atoms with E-state index in [0.717, 1.165) is 18.4 Å². The highest BCUT2D eigenvalue weighted by atomic mass is 19.1. The Hall–Kier alpha value is -0.960. The molecule has 0 aliphatic rings. The van der Waals surface area contributed by atoms with Crippen LogP contribution < -0.4 is 5.73 Å². The van der Waals surface area contributed by atoms with Crippen molar-refractivity contribution in [2.24, 2.45) is 5.73 Å². The predicted octanol–water partition coefficient (Wildman–Crippen LogP) is 2.33. The molecule has 0 bridgehead atoms. The van der Waals surface area contributed by atoms with Crippen LogP contribution in [0.5, 0.6) is 0 Å². The molecule has 1 heterocycles. The molecule has 0 aromatic carbocycles. The van der Waals surface area contributed by atoms with Crippen LogP contribution in [0.3, 0.4) is 0 Å². The van der Waals surface area contributed by atoms with Crippen LogP contribution in [-0.4, -0.2) is 4.98 Å². The van der Waals surface area contributed by atoms with Crippen LogP contribution in [0.2, 0.25) is 0 Å². The summed E-state index contributed by atoms with van der Waals surface area (Å²) < 4.78 is 12.6. The lowest BCUT2D eigenvalue weighted by molar-refractivity contribution is 0.569. The van der Waals surface area contributed by atoms with E-state index in [1.54, 1.807) is 13.0 Å². The molecular formula is C10H15FN2. The highest BCUT2D eigenvalue weighted by molar-refractivity contribution is 5.22. The van der Waals surface area contributed by atoms with Crippen molar-refractivity contribution in [3.63, 3.8) is 0 Å². The molecule has 1 aromatic heterocycles. The topological polar surface area (TPSA) is 38.9 Å². The maximum absolute atomic E-state index is 12.6. The van der Waals surface area contributed by atoms with E-state index >= 15 is 0 Å². The standard InChI is InChI=1S/C10H15FN2/c1-3-4-9(12)8-5-6-10(11)13-7(8)2/h5-6,9H,3-4,12H2,1-2H3/t9-/m0/s1. The summed E-state index contributed by atoms with van der Waals surface area (Å²) in [5.74, 6) is -0.440. The molecule has 1 aromatic rings. The first-order valence-corrected chi connectivity index (χ1v) is 4.53. The Balaban J connectivity index is 2.88. The second-order valence-corrected chi connectivity index (χ2v) is 3.20. The average Bonchev–Trinajstić information content (AvgIpc) is 2.04. The van der Waals surface area contributed by atoms with Crippen LogP contribution in [-0.2, 0) is 0 Å². The Morgan fingerprint density at radius 3 is 2.77 bits per heavy atom. The van der Waals surface area contributed by atoms with Gasteiger partial charge in [-0.25, -0.2) is 4.98 Å². The van der Waals surface area contributed by atoms with Crippen molar-refractivity contribution in [2.45, 2.75) is 32.7 Å². The van der Waals surface area contributed by atoms with Crippen LogP contribution in [0.4, 0.5) is 4.39 Å². The van der Waals surface area contributed by atoms with Gasteiger partial charge in [-0.15, -0.1) is 0 Å². The molecule has 13 heavy (non-hydrogen) atoms. The molecule has 2 nitrogen and oxygen atoms in total. The molecule has 0 spiro atoms. The third kappa shape index (κ3) is 2.49. The number of hydrogen-bond acceptors (Lipinski definition) is 2. The second kappa shape index (κ2) is 4.33. The van der Waals surface area contributed by atoms with Gasteiger partial charge in [-0.2, -0.15) is 4.39 Å². The smallest absolute Gasteiger partial charge is 0.213 e. The number of aryl methyl sites for hydroxylation is 1. The van der Waals surface area contributed by atoms with Gasteiger partial charge in [-0.1, -0.05) is 19.4 Å². The molecule has 0 saturated heterocycles. The molecule has 2 N–H and O–H groups in total. The van der Waals surface area contributed by atoms with Gasteiger partial charge in [-0.05, 0) is 25.0 Å². The van der Waals surface area contributed by atoms with E-state index in [0.29, 0.717) is 5.69 Å². The Kier molecular flexibility index (Phi) is 3.37. The van der Waals surface area contributed by atoms with Crippen LogP contribution in [0, 0.1) is 12.9 Å². The fourth-order valence-electron chi connectivity index (χ4n) is 1.40. The predicted molar refractivity (Wildman–Crippen MR) is 50.8 cm³/mol. The van der Waals surface area contributed by atoms with Gasteiger partial charge in [0.05, 0.1) is 0 Å². The minimum absolute atomic E-state index is 0.0156. The summed E-state index contributed by atoms with van der Waals surface area (Å²) in [6.45, 7) is 3.86. The van der Waals surface area contributed by atoms with Crippen LogP contribution in [0.25, 0.3) is 0 Å². The fourth-order valence-corrected chi connectivity index (χ4v) is 1.40. The van der Waals surface area contributed by atoms with E-state index in [1.165, 1.54) is 6.07 Å². The lowest BCUT2D eigenvalue weighted by atomic mass is 10.0. The van der Waals surface area contributed by atoms with Crippen molar-refractivity contribution in [3.05, 3.63) is 29.3 Å². The molecule has 0 amide bonds. The summed E-state index contributed by atoms with van der Waals surface area (Å²) in [6, 6.07) is 3.06. The minimum atomic E-state index is -0.440. The van der Waals surface area contributed by atoms with Gasteiger partial charge in [0.2, 0.25) is 5.95 Å². The highest BCUT2D eigenvalue weighted by Gasteiger charge is 2.08. The zero-order valence-corrected chi connectivity index (χ0v) is 8.05. The van der Waals surface area contributed by atoms with Gasteiger partial charge >= 0.3 is 0 Å². The molecule has 0 radical (unpaired) electrons. The molecule has 0 saturated carbocycles. The summed E-state index contributed by atoms with van der Waals surface area (Å²) >= 11 is 0. The lowest BCUT2D eigenvalue weighted by Gasteiger charge is -2.12.